The number of benzene rings is 2. The van der Waals surface area contributed by atoms with Crippen molar-refractivity contribution in [3.05, 3.63) is 65.0 Å². The maximum atomic E-state index is 14.0. The standard InChI is InChI=1S/C22H22F3N3O4/c1-4-27(11-13-5-8-18(32-3)17(25)9-13)19(29)12-28-20(30)22(2,26-21(28)31)14-6-7-15(23)16(24)10-14/h5-10H,4,11-12H2,1-3H3,(H,26,31). The minimum atomic E-state index is -1.65. The Balaban J connectivity index is 1.75. The van der Waals surface area contributed by atoms with Gasteiger partial charge in [-0.05, 0) is 49.2 Å². The molecule has 1 unspecified atom stereocenters. The van der Waals surface area contributed by atoms with E-state index in [1.54, 1.807) is 13.0 Å². The van der Waals surface area contributed by atoms with Gasteiger partial charge in [-0.15, -0.1) is 0 Å². The normalized spacial score (nSPS) is 18.0. The van der Waals surface area contributed by atoms with Crippen LogP contribution in [-0.2, 0) is 21.7 Å². The molecule has 4 amide bonds. The van der Waals surface area contributed by atoms with Crippen LogP contribution in [0.5, 0.6) is 5.75 Å². The Morgan fingerprint density at radius 3 is 2.41 bits per heavy atom. The summed E-state index contributed by atoms with van der Waals surface area (Å²) in [4.78, 5) is 40.3. The minimum absolute atomic E-state index is 0.0470. The van der Waals surface area contributed by atoms with E-state index in [0.717, 1.165) is 17.0 Å². The van der Waals surface area contributed by atoms with Crippen LogP contribution in [0.1, 0.15) is 25.0 Å². The van der Waals surface area contributed by atoms with Gasteiger partial charge in [0.25, 0.3) is 5.91 Å². The first-order valence-corrected chi connectivity index (χ1v) is 9.80. The maximum absolute atomic E-state index is 14.0. The van der Waals surface area contributed by atoms with Gasteiger partial charge in [0.1, 0.15) is 12.1 Å². The number of nitrogens with one attached hydrogen (secondary N) is 1. The van der Waals surface area contributed by atoms with Crippen molar-refractivity contribution in [1.29, 1.82) is 0 Å². The fraction of sp³-hybridized carbons (Fsp3) is 0.318. The highest BCUT2D eigenvalue weighted by molar-refractivity contribution is 6.09. The summed E-state index contributed by atoms with van der Waals surface area (Å²) in [5.74, 6) is -4.07. The second-order valence-corrected chi connectivity index (χ2v) is 7.45. The molecule has 2 aromatic rings. The van der Waals surface area contributed by atoms with Crippen molar-refractivity contribution in [2.45, 2.75) is 25.9 Å². The van der Waals surface area contributed by atoms with Crippen molar-refractivity contribution in [2.75, 3.05) is 20.2 Å². The molecule has 0 spiro atoms. The first kappa shape index (κ1) is 23.1. The molecular formula is C22H22F3N3O4. The van der Waals surface area contributed by atoms with Gasteiger partial charge < -0.3 is 15.0 Å². The quantitative estimate of drug-likeness (QED) is 0.660. The van der Waals surface area contributed by atoms with E-state index >= 15 is 0 Å². The van der Waals surface area contributed by atoms with Crippen molar-refractivity contribution in [2.24, 2.45) is 0 Å². The van der Waals surface area contributed by atoms with Crippen LogP contribution in [0.25, 0.3) is 0 Å². The lowest BCUT2D eigenvalue weighted by atomic mass is 9.92. The molecule has 0 saturated carbocycles. The molecule has 0 aliphatic carbocycles. The number of imide groups is 1. The molecule has 1 aliphatic heterocycles. The van der Waals surface area contributed by atoms with Crippen LogP contribution in [0.15, 0.2) is 36.4 Å². The Morgan fingerprint density at radius 2 is 1.81 bits per heavy atom. The van der Waals surface area contributed by atoms with Crippen LogP contribution in [0.4, 0.5) is 18.0 Å². The summed E-state index contributed by atoms with van der Waals surface area (Å²) in [5, 5.41) is 2.44. The monoisotopic (exact) mass is 449 g/mol. The van der Waals surface area contributed by atoms with E-state index in [1.165, 1.54) is 37.1 Å². The van der Waals surface area contributed by atoms with Crippen LogP contribution in [0.2, 0.25) is 0 Å². The van der Waals surface area contributed by atoms with Crippen molar-refractivity contribution >= 4 is 17.8 Å². The molecule has 10 heteroatoms. The van der Waals surface area contributed by atoms with E-state index in [0.29, 0.717) is 5.56 Å². The van der Waals surface area contributed by atoms with Crippen molar-refractivity contribution < 1.29 is 32.3 Å². The molecular weight excluding hydrogens is 427 g/mol. The molecule has 1 saturated heterocycles. The van der Waals surface area contributed by atoms with Gasteiger partial charge >= 0.3 is 6.03 Å². The largest absolute Gasteiger partial charge is 0.494 e. The Bertz CT molecular complexity index is 1080. The van der Waals surface area contributed by atoms with E-state index in [4.69, 9.17) is 4.74 Å². The van der Waals surface area contributed by atoms with Gasteiger partial charge in [-0.25, -0.2) is 18.0 Å². The van der Waals surface area contributed by atoms with E-state index in [-0.39, 0.29) is 24.4 Å². The number of hydrogen-bond acceptors (Lipinski definition) is 4. The van der Waals surface area contributed by atoms with Gasteiger partial charge in [-0.2, -0.15) is 0 Å². The van der Waals surface area contributed by atoms with Crippen LogP contribution in [0, 0.1) is 17.5 Å². The molecule has 1 fully saturated rings. The Kier molecular flexibility index (Phi) is 6.42. The van der Waals surface area contributed by atoms with Gasteiger partial charge in [0.2, 0.25) is 5.91 Å². The van der Waals surface area contributed by atoms with Crippen LogP contribution in [-0.4, -0.2) is 47.8 Å². The number of hydrogen-bond donors (Lipinski definition) is 1. The molecule has 2 aromatic carbocycles. The number of halogens is 3. The van der Waals surface area contributed by atoms with Crippen LogP contribution >= 0.6 is 0 Å². The third kappa shape index (κ3) is 4.25. The lowest BCUT2D eigenvalue weighted by Crippen LogP contribution is -2.44. The smallest absolute Gasteiger partial charge is 0.325 e. The van der Waals surface area contributed by atoms with E-state index in [9.17, 15) is 27.6 Å². The zero-order valence-corrected chi connectivity index (χ0v) is 17.7. The number of urea groups is 1. The summed E-state index contributed by atoms with van der Waals surface area (Å²) in [6.07, 6.45) is 0. The van der Waals surface area contributed by atoms with Gasteiger partial charge in [0, 0.05) is 13.1 Å². The Hall–Kier alpha value is -3.56. The molecule has 1 aliphatic rings. The summed E-state index contributed by atoms with van der Waals surface area (Å²) in [7, 11) is 1.34. The summed E-state index contributed by atoms with van der Waals surface area (Å²) >= 11 is 0. The number of rotatable bonds is 7. The fourth-order valence-electron chi connectivity index (χ4n) is 3.48. The highest BCUT2D eigenvalue weighted by atomic mass is 19.2. The Morgan fingerprint density at radius 1 is 1.09 bits per heavy atom. The van der Waals surface area contributed by atoms with E-state index < -0.39 is 47.4 Å². The average molecular weight is 449 g/mol. The predicted octanol–water partition coefficient (Wildman–Crippen LogP) is 2.93. The number of likely N-dealkylation sites (N-methyl/N-ethyl adjacent to an activating group) is 1. The van der Waals surface area contributed by atoms with Crippen molar-refractivity contribution in [3.8, 4) is 5.75 Å². The molecule has 0 bridgehead atoms. The zero-order valence-electron chi connectivity index (χ0n) is 17.7. The molecule has 0 aromatic heterocycles. The molecule has 1 heterocycles. The van der Waals surface area contributed by atoms with E-state index in [2.05, 4.69) is 5.32 Å². The molecule has 1 atom stereocenters. The fourth-order valence-corrected chi connectivity index (χ4v) is 3.48. The molecule has 1 N–H and O–H groups in total. The van der Waals surface area contributed by atoms with Gasteiger partial charge in [-0.1, -0.05) is 12.1 Å². The SMILES string of the molecule is CCN(Cc1ccc(OC)c(F)c1)C(=O)CN1C(=O)NC(C)(c2ccc(F)c(F)c2)C1=O. The second-order valence-electron chi connectivity index (χ2n) is 7.45. The second kappa shape index (κ2) is 8.89. The van der Waals surface area contributed by atoms with E-state index in [1.807, 2.05) is 0 Å². The topological polar surface area (TPSA) is 79.0 Å². The lowest BCUT2D eigenvalue weighted by Gasteiger charge is -2.25. The van der Waals surface area contributed by atoms with Crippen LogP contribution < -0.4 is 10.1 Å². The summed E-state index contributed by atoms with van der Waals surface area (Å²) in [6, 6.07) is 6.33. The number of carbonyl (C=O) groups is 3. The zero-order chi connectivity index (χ0) is 23.6. The predicted molar refractivity (Wildman–Crippen MR) is 108 cm³/mol. The lowest BCUT2D eigenvalue weighted by molar-refractivity contribution is -0.139. The Labute approximate surface area is 182 Å². The average Bonchev–Trinajstić information content (AvgIpc) is 2.97. The van der Waals surface area contributed by atoms with Crippen molar-refractivity contribution in [1.82, 2.24) is 15.1 Å². The first-order valence-electron chi connectivity index (χ1n) is 9.80. The number of amides is 4. The number of ether oxygens (including phenoxy) is 1. The summed E-state index contributed by atoms with van der Waals surface area (Å²) in [6.45, 7) is 2.80. The highest BCUT2D eigenvalue weighted by Gasteiger charge is 2.50. The number of nitrogens with zero attached hydrogens (tertiary/aromatic N) is 2. The molecule has 3 rings (SSSR count). The molecule has 32 heavy (non-hydrogen) atoms. The van der Waals surface area contributed by atoms with Crippen molar-refractivity contribution in [3.63, 3.8) is 0 Å². The molecule has 0 radical (unpaired) electrons. The molecule has 170 valence electrons. The van der Waals surface area contributed by atoms with Gasteiger partial charge in [-0.3, -0.25) is 14.5 Å². The molecule has 7 nitrogen and oxygen atoms in total. The number of carbonyl (C=O) groups excluding carboxylic acids is 3. The first-order chi connectivity index (χ1) is 15.1. The minimum Gasteiger partial charge on any atom is -0.494 e. The maximum Gasteiger partial charge on any atom is 0.325 e. The highest BCUT2D eigenvalue weighted by Crippen LogP contribution is 2.30. The summed E-state index contributed by atoms with van der Waals surface area (Å²) in [5.41, 5.74) is -1.10. The van der Waals surface area contributed by atoms with Gasteiger partial charge in [0.05, 0.1) is 7.11 Å². The van der Waals surface area contributed by atoms with Crippen LogP contribution in [0.3, 0.4) is 0 Å². The number of methoxy groups -OCH3 is 1. The third-order valence-electron chi connectivity index (χ3n) is 5.39. The third-order valence-corrected chi connectivity index (χ3v) is 5.39. The van der Waals surface area contributed by atoms with Gasteiger partial charge in [0.15, 0.2) is 23.2 Å². The summed E-state index contributed by atoms with van der Waals surface area (Å²) < 4.78 is 45.8.